The summed E-state index contributed by atoms with van der Waals surface area (Å²) < 4.78 is 23.5. The van der Waals surface area contributed by atoms with Crippen molar-refractivity contribution < 1.29 is 33.3 Å². The van der Waals surface area contributed by atoms with E-state index in [0.29, 0.717) is 18.3 Å². The molecule has 1 aliphatic heterocycles. The summed E-state index contributed by atoms with van der Waals surface area (Å²) >= 11 is 0. The molecular formula is C26H42O7. The second-order valence-corrected chi connectivity index (χ2v) is 11.8. The van der Waals surface area contributed by atoms with E-state index in [4.69, 9.17) is 18.9 Å². The van der Waals surface area contributed by atoms with Crippen LogP contribution in [0.25, 0.3) is 0 Å². The zero-order valence-corrected chi connectivity index (χ0v) is 21.6. The van der Waals surface area contributed by atoms with Crippen LogP contribution in [0.1, 0.15) is 93.9 Å². The van der Waals surface area contributed by atoms with E-state index < -0.39 is 23.6 Å². The summed E-state index contributed by atoms with van der Waals surface area (Å²) in [5.41, 5.74) is -1.17. The lowest BCUT2D eigenvalue weighted by Gasteiger charge is -2.66. The molecule has 3 fully saturated rings. The molecule has 7 nitrogen and oxygen atoms in total. The molecule has 0 N–H and O–H groups in total. The molecule has 7 atom stereocenters. The van der Waals surface area contributed by atoms with Gasteiger partial charge in [-0.3, -0.25) is 14.4 Å². The third-order valence-corrected chi connectivity index (χ3v) is 9.06. The number of rotatable bonds is 5. The summed E-state index contributed by atoms with van der Waals surface area (Å²) in [7, 11) is 0. The largest absolute Gasteiger partial charge is 0.462 e. The monoisotopic (exact) mass is 466 g/mol. The van der Waals surface area contributed by atoms with Gasteiger partial charge in [0.1, 0.15) is 18.3 Å². The summed E-state index contributed by atoms with van der Waals surface area (Å²) in [6.45, 7) is 15.2. The third-order valence-electron chi connectivity index (χ3n) is 9.06. The molecule has 1 heterocycles. The molecular weight excluding hydrogens is 424 g/mol. The maximum atomic E-state index is 11.8. The van der Waals surface area contributed by atoms with Crippen molar-refractivity contribution in [2.75, 3.05) is 6.61 Å². The Kier molecular flexibility index (Phi) is 6.98. The maximum absolute atomic E-state index is 11.8. The van der Waals surface area contributed by atoms with E-state index in [2.05, 4.69) is 27.7 Å². The molecule has 0 aromatic heterocycles. The average molecular weight is 467 g/mol. The van der Waals surface area contributed by atoms with Gasteiger partial charge in [-0.25, -0.2) is 0 Å². The van der Waals surface area contributed by atoms with Gasteiger partial charge in [-0.1, -0.05) is 20.8 Å². The van der Waals surface area contributed by atoms with Crippen LogP contribution < -0.4 is 0 Å². The molecule has 0 aromatic rings. The molecule has 7 heteroatoms. The van der Waals surface area contributed by atoms with E-state index in [1.54, 1.807) is 0 Å². The van der Waals surface area contributed by atoms with Crippen molar-refractivity contribution >= 4 is 17.9 Å². The molecule has 0 unspecified atom stereocenters. The minimum Gasteiger partial charge on any atom is -0.462 e. The van der Waals surface area contributed by atoms with Gasteiger partial charge in [0.05, 0.1) is 5.60 Å². The van der Waals surface area contributed by atoms with Crippen LogP contribution in [0.4, 0.5) is 0 Å². The zero-order valence-electron chi connectivity index (χ0n) is 21.6. The van der Waals surface area contributed by atoms with Crippen LogP contribution in [0.5, 0.6) is 0 Å². The van der Waals surface area contributed by atoms with Gasteiger partial charge in [0, 0.05) is 26.2 Å². The number of carbonyl (C=O) groups excluding carboxylic acids is 3. The van der Waals surface area contributed by atoms with Gasteiger partial charge >= 0.3 is 17.9 Å². The molecule has 0 bridgehead atoms. The summed E-state index contributed by atoms with van der Waals surface area (Å²) in [6.07, 6.45) is 4.62. The lowest BCUT2D eigenvalue weighted by atomic mass is 9.43. The summed E-state index contributed by atoms with van der Waals surface area (Å²) in [6, 6.07) is 0. The van der Waals surface area contributed by atoms with Crippen molar-refractivity contribution in [1.29, 1.82) is 0 Å². The molecule has 188 valence electrons. The number of esters is 3. The molecule has 2 aliphatic carbocycles. The quantitative estimate of drug-likeness (QED) is 0.432. The Bertz CT molecular complexity index is 792. The van der Waals surface area contributed by atoms with Crippen LogP contribution in [0.3, 0.4) is 0 Å². The molecule has 3 rings (SSSR count). The van der Waals surface area contributed by atoms with Crippen molar-refractivity contribution in [3.8, 4) is 0 Å². The fraction of sp³-hybridized carbons (Fsp3) is 0.885. The van der Waals surface area contributed by atoms with Crippen LogP contribution in [-0.4, -0.2) is 47.9 Å². The molecule has 0 spiro atoms. The van der Waals surface area contributed by atoms with Crippen molar-refractivity contribution in [3.05, 3.63) is 0 Å². The van der Waals surface area contributed by atoms with Gasteiger partial charge in [0.25, 0.3) is 0 Å². The summed E-state index contributed by atoms with van der Waals surface area (Å²) in [4.78, 5) is 35.0. The Morgan fingerprint density at radius 3 is 2.06 bits per heavy atom. The smallest absolute Gasteiger partial charge is 0.303 e. The van der Waals surface area contributed by atoms with Gasteiger partial charge in [-0.05, 0) is 69.6 Å². The van der Waals surface area contributed by atoms with E-state index in [0.717, 1.165) is 32.1 Å². The van der Waals surface area contributed by atoms with Gasteiger partial charge in [-0.2, -0.15) is 0 Å². The first-order chi connectivity index (χ1) is 15.1. The van der Waals surface area contributed by atoms with Gasteiger partial charge in [0.15, 0.2) is 6.10 Å². The standard InChI is InChI=1S/C26H42O7/c1-16(27)30-15-22(32-18(3)29)26(8)14-10-20-24(6)12-11-21(31-17(2)28)23(4,5)19(24)9-13-25(20,7)33-26/h19-22H,9-15H2,1-8H3/t19-,20+,21-,22-,24-,25+,26-/m1/s1. The van der Waals surface area contributed by atoms with Crippen molar-refractivity contribution in [2.24, 2.45) is 22.7 Å². The van der Waals surface area contributed by atoms with E-state index in [1.807, 2.05) is 6.92 Å². The topological polar surface area (TPSA) is 88.1 Å². The van der Waals surface area contributed by atoms with Crippen molar-refractivity contribution in [2.45, 2.75) is 117 Å². The highest BCUT2D eigenvalue weighted by Gasteiger charge is 2.64. The minimum absolute atomic E-state index is 0.0108. The van der Waals surface area contributed by atoms with Crippen molar-refractivity contribution in [1.82, 2.24) is 0 Å². The number of ether oxygens (including phenoxy) is 4. The van der Waals surface area contributed by atoms with Crippen LogP contribution in [0.2, 0.25) is 0 Å². The Labute approximate surface area is 198 Å². The highest BCUT2D eigenvalue weighted by atomic mass is 16.6. The maximum Gasteiger partial charge on any atom is 0.303 e. The Morgan fingerprint density at radius 1 is 0.848 bits per heavy atom. The molecule has 0 radical (unpaired) electrons. The highest BCUT2D eigenvalue weighted by molar-refractivity contribution is 5.67. The first kappa shape index (κ1) is 26.0. The Morgan fingerprint density at radius 2 is 1.48 bits per heavy atom. The fourth-order valence-corrected chi connectivity index (χ4v) is 7.62. The zero-order chi connectivity index (χ0) is 24.8. The molecule has 1 saturated heterocycles. The van der Waals surface area contributed by atoms with Gasteiger partial charge in [0.2, 0.25) is 0 Å². The number of carbonyl (C=O) groups is 3. The average Bonchev–Trinajstić information content (AvgIpc) is 2.66. The number of hydrogen-bond acceptors (Lipinski definition) is 7. The molecule has 0 amide bonds. The molecule has 3 aliphatic rings. The Balaban J connectivity index is 1.85. The first-order valence-corrected chi connectivity index (χ1v) is 12.3. The molecule has 0 aromatic carbocycles. The molecule has 2 saturated carbocycles. The normalized spacial score (nSPS) is 40.5. The predicted molar refractivity (Wildman–Crippen MR) is 122 cm³/mol. The fourth-order valence-electron chi connectivity index (χ4n) is 7.62. The van der Waals surface area contributed by atoms with E-state index in [1.165, 1.54) is 20.8 Å². The van der Waals surface area contributed by atoms with Crippen molar-refractivity contribution in [3.63, 3.8) is 0 Å². The minimum atomic E-state index is -0.736. The summed E-state index contributed by atoms with van der Waals surface area (Å²) in [5.74, 6) is -0.278. The Hall–Kier alpha value is -1.63. The first-order valence-electron chi connectivity index (χ1n) is 12.3. The highest BCUT2D eigenvalue weighted by Crippen LogP contribution is 2.66. The lowest BCUT2D eigenvalue weighted by Crippen LogP contribution is -2.66. The van der Waals surface area contributed by atoms with Crippen LogP contribution in [0.15, 0.2) is 0 Å². The van der Waals surface area contributed by atoms with Crippen LogP contribution >= 0.6 is 0 Å². The van der Waals surface area contributed by atoms with Gasteiger partial charge < -0.3 is 18.9 Å². The van der Waals surface area contributed by atoms with E-state index in [9.17, 15) is 14.4 Å². The second kappa shape index (κ2) is 8.86. The van der Waals surface area contributed by atoms with E-state index >= 15 is 0 Å². The second-order valence-electron chi connectivity index (χ2n) is 11.8. The SMILES string of the molecule is CC(=O)OC[C@@H](OC(C)=O)[C@@]1(C)CC[C@H]2[C@]3(C)CC[C@@H](OC(C)=O)C(C)(C)[C@H]3CC[C@]2(C)O1. The van der Waals surface area contributed by atoms with Gasteiger partial charge in [-0.15, -0.1) is 0 Å². The van der Waals surface area contributed by atoms with Crippen LogP contribution in [0, 0.1) is 22.7 Å². The van der Waals surface area contributed by atoms with E-state index in [-0.39, 0.29) is 35.1 Å². The number of fused-ring (bicyclic) bond motifs is 3. The lowest BCUT2D eigenvalue weighted by molar-refractivity contribution is -0.295. The van der Waals surface area contributed by atoms with Crippen LogP contribution in [-0.2, 0) is 33.3 Å². The third kappa shape index (κ3) is 4.80. The molecule has 33 heavy (non-hydrogen) atoms. The number of hydrogen-bond donors (Lipinski definition) is 0. The summed E-state index contributed by atoms with van der Waals surface area (Å²) in [5, 5.41) is 0. The predicted octanol–water partition coefficient (Wildman–Crippen LogP) is 4.59.